The van der Waals surface area contributed by atoms with Crippen LogP contribution in [-0.2, 0) is 10.0 Å². The normalized spacial score (nSPS) is 10.8. The largest absolute Gasteiger partial charge is 0.277 e. The van der Waals surface area contributed by atoms with Crippen molar-refractivity contribution in [2.45, 2.75) is 4.90 Å². The molecule has 0 bridgehead atoms. The number of para-hydroxylation sites is 1. The molecule has 0 spiro atoms. The van der Waals surface area contributed by atoms with E-state index < -0.39 is 27.2 Å². The molecule has 102 valence electrons. The molecule has 0 aliphatic heterocycles. The van der Waals surface area contributed by atoms with Crippen molar-refractivity contribution in [3.8, 4) is 6.07 Å². The first-order chi connectivity index (χ1) is 9.44. The van der Waals surface area contributed by atoms with E-state index in [-0.39, 0.29) is 10.6 Å². The summed E-state index contributed by atoms with van der Waals surface area (Å²) in [6.07, 6.45) is 0. The van der Waals surface area contributed by atoms with E-state index in [1.54, 1.807) is 6.07 Å². The minimum atomic E-state index is -4.09. The zero-order chi connectivity index (χ0) is 14.8. The van der Waals surface area contributed by atoms with E-state index in [0.29, 0.717) is 0 Å². The fourth-order valence-electron chi connectivity index (χ4n) is 1.50. The molecular weight excluding hydrogens is 286 g/mol. The lowest BCUT2D eigenvalue weighted by atomic mass is 10.2. The van der Waals surface area contributed by atoms with Crippen molar-refractivity contribution >= 4 is 15.7 Å². The Bertz CT molecular complexity index is 798. The second-order valence-corrected chi connectivity index (χ2v) is 5.52. The van der Waals surface area contributed by atoms with E-state index in [4.69, 9.17) is 5.26 Å². The minimum Gasteiger partial charge on any atom is -0.277 e. The predicted molar refractivity (Wildman–Crippen MR) is 68.3 cm³/mol. The fourth-order valence-corrected chi connectivity index (χ4v) is 2.60. The number of halogens is 2. The molecule has 0 aliphatic carbocycles. The molecule has 20 heavy (non-hydrogen) atoms. The van der Waals surface area contributed by atoms with Crippen LogP contribution >= 0.6 is 0 Å². The van der Waals surface area contributed by atoms with Gasteiger partial charge < -0.3 is 0 Å². The molecular formula is C13H8F2N2O2S. The van der Waals surface area contributed by atoms with Gasteiger partial charge in [0.15, 0.2) is 0 Å². The third-order valence-electron chi connectivity index (χ3n) is 2.49. The summed E-state index contributed by atoms with van der Waals surface area (Å²) >= 11 is 0. The van der Waals surface area contributed by atoms with Crippen molar-refractivity contribution in [1.82, 2.24) is 0 Å². The van der Waals surface area contributed by atoms with Crippen LogP contribution in [0.15, 0.2) is 47.4 Å². The van der Waals surface area contributed by atoms with Gasteiger partial charge in [-0.05, 0) is 30.3 Å². The topological polar surface area (TPSA) is 70.0 Å². The number of anilines is 1. The van der Waals surface area contributed by atoms with Gasteiger partial charge in [0.1, 0.15) is 17.7 Å². The summed E-state index contributed by atoms with van der Waals surface area (Å²) in [7, 11) is -4.09. The second-order valence-electron chi connectivity index (χ2n) is 3.84. The molecule has 0 unspecified atom stereocenters. The average molecular weight is 294 g/mol. The predicted octanol–water partition coefficient (Wildman–Crippen LogP) is 2.64. The summed E-state index contributed by atoms with van der Waals surface area (Å²) in [4.78, 5) is -0.321. The number of rotatable bonds is 3. The van der Waals surface area contributed by atoms with Gasteiger partial charge >= 0.3 is 0 Å². The quantitative estimate of drug-likeness (QED) is 0.946. The average Bonchev–Trinajstić information content (AvgIpc) is 2.41. The highest BCUT2D eigenvalue weighted by Crippen LogP contribution is 2.20. The Morgan fingerprint density at radius 1 is 1.05 bits per heavy atom. The first-order valence-electron chi connectivity index (χ1n) is 5.41. The Balaban J connectivity index is 2.42. The summed E-state index contributed by atoms with van der Waals surface area (Å²) in [6.45, 7) is 0. The van der Waals surface area contributed by atoms with Crippen LogP contribution < -0.4 is 4.72 Å². The maximum Gasteiger partial charge on any atom is 0.262 e. The fraction of sp³-hybridized carbons (Fsp3) is 0. The van der Waals surface area contributed by atoms with Gasteiger partial charge in [-0.2, -0.15) is 5.26 Å². The number of hydrogen-bond acceptors (Lipinski definition) is 3. The maximum absolute atomic E-state index is 13.4. The van der Waals surface area contributed by atoms with Crippen LogP contribution in [0.1, 0.15) is 5.56 Å². The van der Waals surface area contributed by atoms with Gasteiger partial charge in [0.25, 0.3) is 10.0 Å². The summed E-state index contributed by atoms with van der Waals surface area (Å²) < 4.78 is 52.6. The van der Waals surface area contributed by atoms with Gasteiger partial charge in [0.05, 0.1) is 16.1 Å². The Labute approximate surface area is 114 Å². The summed E-state index contributed by atoms with van der Waals surface area (Å²) in [5.41, 5.74) is -0.628. The van der Waals surface area contributed by atoms with E-state index in [9.17, 15) is 17.2 Å². The monoisotopic (exact) mass is 294 g/mol. The smallest absolute Gasteiger partial charge is 0.262 e. The number of sulfonamides is 1. The molecule has 2 aromatic carbocycles. The summed E-state index contributed by atoms with van der Waals surface area (Å²) in [5.74, 6) is -1.56. The maximum atomic E-state index is 13.4. The molecule has 0 fully saturated rings. The summed E-state index contributed by atoms with van der Waals surface area (Å²) in [5, 5.41) is 8.68. The van der Waals surface area contributed by atoms with Crippen LogP contribution in [0.5, 0.6) is 0 Å². The Morgan fingerprint density at radius 2 is 1.75 bits per heavy atom. The number of nitrogens with zero attached hydrogens (tertiary/aromatic N) is 1. The third kappa shape index (κ3) is 2.75. The lowest BCUT2D eigenvalue weighted by molar-refractivity contribution is 0.597. The van der Waals surface area contributed by atoms with Gasteiger partial charge in [-0.3, -0.25) is 4.72 Å². The molecule has 0 saturated heterocycles. The highest BCUT2D eigenvalue weighted by Gasteiger charge is 2.17. The first kappa shape index (κ1) is 14.0. The van der Waals surface area contributed by atoms with E-state index in [0.717, 1.165) is 24.3 Å². The SMILES string of the molecule is N#Cc1cc(S(=O)(=O)Nc2ccccc2F)ccc1F. The number of nitriles is 1. The third-order valence-corrected chi connectivity index (χ3v) is 3.85. The molecule has 0 radical (unpaired) electrons. The van der Waals surface area contributed by atoms with Crippen LogP contribution in [0.2, 0.25) is 0 Å². The van der Waals surface area contributed by atoms with Gasteiger partial charge in [-0.1, -0.05) is 12.1 Å². The Morgan fingerprint density at radius 3 is 2.40 bits per heavy atom. The van der Waals surface area contributed by atoms with E-state index in [1.165, 1.54) is 18.2 Å². The minimum absolute atomic E-state index is 0.227. The van der Waals surface area contributed by atoms with E-state index in [2.05, 4.69) is 0 Å². The van der Waals surface area contributed by atoms with Crippen LogP contribution in [0.25, 0.3) is 0 Å². The molecule has 2 rings (SSSR count). The highest BCUT2D eigenvalue weighted by atomic mass is 32.2. The molecule has 4 nitrogen and oxygen atoms in total. The van der Waals surface area contributed by atoms with Crippen LogP contribution in [-0.4, -0.2) is 8.42 Å². The molecule has 0 saturated carbocycles. The molecule has 0 atom stereocenters. The van der Waals surface area contributed by atoms with E-state index >= 15 is 0 Å². The van der Waals surface area contributed by atoms with Crippen molar-refractivity contribution in [1.29, 1.82) is 5.26 Å². The van der Waals surface area contributed by atoms with Crippen LogP contribution in [0.3, 0.4) is 0 Å². The van der Waals surface area contributed by atoms with Gasteiger partial charge in [-0.25, -0.2) is 17.2 Å². The van der Waals surface area contributed by atoms with Gasteiger partial charge in [0.2, 0.25) is 0 Å². The van der Waals surface area contributed by atoms with Crippen LogP contribution in [0.4, 0.5) is 14.5 Å². The standard InChI is InChI=1S/C13H8F2N2O2S/c14-11-6-5-10(7-9(11)8-16)20(18,19)17-13-4-2-1-3-12(13)15/h1-7,17H. The Hall–Kier alpha value is -2.46. The lowest BCUT2D eigenvalue weighted by Gasteiger charge is -2.09. The molecule has 7 heteroatoms. The number of nitrogens with one attached hydrogen (secondary N) is 1. The second kappa shape index (κ2) is 5.27. The molecule has 0 amide bonds. The van der Waals surface area contributed by atoms with Gasteiger partial charge in [-0.15, -0.1) is 0 Å². The Kier molecular flexibility index (Phi) is 3.68. The lowest BCUT2D eigenvalue weighted by Crippen LogP contribution is -2.14. The van der Waals surface area contributed by atoms with Gasteiger partial charge in [0, 0.05) is 0 Å². The first-order valence-corrected chi connectivity index (χ1v) is 6.89. The summed E-state index contributed by atoms with van der Waals surface area (Å²) in [6, 6.07) is 9.53. The number of benzene rings is 2. The molecule has 0 heterocycles. The number of hydrogen-bond donors (Lipinski definition) is 1. The van der Waals surface area contributed by atoms with Crippen molar-refractivity contribution in [2.24, 2.45) is 0 Å². The zero-order valence-corrected chi connectivity index (χ0v) is 10.8. The van der Waals surface area contributed by atoms with Crippen molar-refractivity contribution in [3.05, 3.63) is 59.7 Å². The van der Waals surface area contributed by atoms with Crippen LogP contribution in [0, 0.1) is 23.0 Å². The zero-order valence-electron chi connectivity index (χ0n) is 9.97. The highest BCUT2D eigenvalue weighted by molar-refractivity contribution is 7.92. The molecule has 0 aliphatic rings. The van der Waals surface area contributed by atoms with E-state index in [1.807, 2.05) is 4.72 Å². The van der Waals surface area contributed by atoms with Crippen molar-refractivity contribution in [3.63, 3.8) is 0 Å². The van der Waals surface area contributed by atoms with Crippen molar-refractivity contribution in [2.75, 3.05) is 4.72 Å². The molecule has 1 N–H and O–H groups in total. The molecule has 0 aromatic heterocycles. The van der Waals surface area contributed by atoms with Crippen molar-refractivity contribution < 1.29 is 17.2 Å². The molecule has 2 aromatic rings.